The first-order chi connectivity index (χ1) is 9.36. The number of aromatic nitrogens is 1. The van der Waals surface area contributed by atoms with Gasteiger partial charge in [0.05, 0.1) is 24.3 Å². The molecule has 96 valence electrons. The van der Waals surface area contributed by atoms with Crippen LogP contribution in [-0.4, -0.2) is 24.8 Å². The Labute approximate surface area is 111 Å². The first-order valence-corrected chi connectivity index (χ1v) is 6.37. The van der Waals surface area contributed by atoms with E-state index in [1.807, 2.05) is 24.3 Å². The van der Waals surface area contributed by atoms with Crippen molar-refractivity contribution in [3.8, 4) is 11.9 Å². The maximum absolute atomic E-state index is 9.19. The fourth-order valence-corrected chi connectivity index (χ4v) is 2.24. The summed E-state index contributed by atoms with van der Waals surface area (Å²) in [4.78, 5) is 4.43. The summed E-state index contributed by atoms with van der Waals surface area (Å²) in [5.41, 5.74) is 1.39. The summed E-state index contributed by atoms with van der Waals surface area (Å²) in [7, 11) is 0. The lowest BCUT2D eigenvalue weighted by Crippen LogP contribution is -2.12. The maximum Gasteiger partial charge on any atom is 0.215 e. The molecule has 1 saturated heterocycles. The molecule has 4 nitrogen and oxygen atoms in total. The van der Waals surface area contributed by atoms with E-state index in [4.69, 9.17) is 9.47 Å². The topological polar surface area (TPSA) is 55.1 Å². The van der Waals surface area contributed by atoms with Crippen molar-refractivity contribution in [2.24, 2.45) is 5.92 Å². The number of pyridine rings is 1. The average molecular weight is 254 g/mol. The standard InChI is InChI=1S/C15H14N2O2/c16-8-12-7-15(19-10-11-5-6-18-9-11)17-14-4-2-1-3-13(12)14/h1-4,7,11H,5-6,9-10H2. The van der Waals surface area contributed by atoms with E-state index in [-0.39, 0.29) is 0 Å². The molecule has 0 spiro atoms. The molecule has 0 radical (unpaired) electrons. The Kier molecular flexibility index (Phi) is 3.30. The van der Waals surface area contributed by atoms with E-state index in [2.05, 4.69) is 11.1 Å². The van der Waals surface area contributed by atoms with Crippen LogP contribution in [0.3, 0.4) is 0 Å². The van der Waals surface area contributed by atoms with Gasteiger partial charge in [-0.15, -0.1) is 0 Å². The van der Waals surface area contributed by atoms with Crippen LogP contribution in [0.25, 0.3) is 10.9 Å². The van der Waals surface area contributed by atoms with Crippen LogP contribution in [0.5, 0.6) is 5.88 Å². The Morgan fingerprint density at radius 1 is 1.42 bits per heavy atom. The molecule has 1 fully saturated rings. The van der Waals surface area contributed by atoms with Crippen LogP contribution in [0, 0.1) is 17.2 Å². The van der Waals surface area contributed by atoms with Gasteiger partial charge in [0.1, 0.15) is 6.07 Å². The van der Waals surface area contributed by atoms with E-state index in [1.165, 1.54) is 0 Å². The second-order valence-electron chi connectivity index (χ2n) is 4.68. The zero-order valence-electron chi connectivity index (χ0n) is 10.5. The van der Waals surface area contributed by atoms with E-state index in [0.29, 0.717) is 24.0 Å². The monoisotopic (exact) mass is 254 g/mol. The minimum absolute atomic E-state index is 0.429. The zero-order chi connectivity index (χ0) is 13.1. The van der Waals surface area contributed by atoms with Crippen molar-refractivity contribution >= 4 is 10.9 Å². The molecule has 1 aromatic carbocycles. The molecular weight excluding hydrogens is 240 g/mol. The highest BCUT2D eigenvalue weighted by Gasteiger charge is 2.16. The maximum atomic E-state index is 9.19. The smallest absolute Gasteiger partial charge is 0.215 e. The lowest BCUT2D eigenvalue weighted by molar-refractivity contribution is 0.165. The van der Waals surface area contributed by atoms with Gasteiger partial charge in [-0.1, -0.05) is 18.2 Å². The first-order valence-electron chi connectivity index (χ1n) is 6.37. The SMILES string of the molecule is N#Cc1cc(OCC2CCOC2)nc2ccccc12. The third-order valence-corrected chi connectivity index (χ3v) is 3.30. The summed E-state index contributed by atoms with van der Waals surface area (Å²) in [6.45, 7) is 2.15. The van der Waals surface area contributed by atoms with Gasteiger partial charge in [0.2, 0.25) is 5.88 Å². The summed E-state index contributed by atoms with van der Waals surface area (Å²) in [6.07, 6.45) is 1.03. The number of nitrogens with zero attached hydrogens (tertiary/aromatic N) is 2. The summed E-state index contributed by atoms with van der Waals surface area (Å²) in [6, 6.07) is 11.5. The molecule has 0 aliphatic carbocycles. The van der Waals surface area contributed by atoms with Crippen LogP contribution >= 0.6 is 0 Å². The van der Waals surface area contributed by atoms with Crippen LogP contribution < -0.4 is 4.74 Å². The molecule has 3 rings (SSSR count). The molecule has 1 aromatic heterocycles. The molecule has 0 amide bonds. The predicted molar refractivity (Wildman–Crippen MR) is 70.9 cm³/mol. The molecule has 0 saturated carbocycles. The van der Waals surface area contributed by atoms with Gasteiger partial charge in [0.15, 0.2) is 0 Å². The molecular formula is C15H14N2O2. The quantitative estimate of drug-likeness (QED) is 0.844. The van der Waals surface area contributed by atoms with Crippen molar-refractivity contribution in [2.45, 2.75) is 6.42 Å². The fourth-order valence-electron chi connectivity index (χ4n) is 2.24. The number of rotatable bonds is 3. The number of benzene rings is 1. The van der Waals surface area contributed by atoms with Gasteiger partial charge in [-0.3, -0.25) is 0 Å². The molecule has 0 bridgehead atoms. The van der Waals surface area contributed by atoms with Gasteiger partial charge in [-0.2, -0.15) is 5.26 Å². The normalized spacial score (nSPS) is 18.4. The van der Waals surface area contributed by atoms with Crippen molar-refractivity contribution in [3.05, 3.63) is 35.9 Å². The molecule has 1 aliphatic heterocycles. The van der Waals surface area contributed by atoms with Crippen LogP contribution in [0.2, 0.25) is 0 Å². The highest BCUT2D eigenvalue weighted by molar-refractivity contribution is 5.85. The number of para-hydroxylation sites is 1. The lowest BCUT2D eigenvalue weighted by atomic mass is 10.1. The van der Waals surface area contributed by atoms with Crippen molar-refractivity contribution in [1.82, 2.24) is 4.98 Å². The Bertz CT molecular complexity index is 628. The summed E-state index contributed by atoms with van der Waals surface area (Å²) < 4.78 is 11.0. The van der Waals surface area contributed by atoms with Crippen molar-refractivity contribution in [2.75, 3.05) is 19.8 Å². The molecule has 0 N–H and O–H groups in total. The second kappa shape index (κ2) is 5.25. The van der Waals surface area contributed by atoms with E-state index in [1.54, 1.807) is 6.07 Å². The number of nitriles is 1. The Morgan fingerprint density at radius 3 is 3.11 bits per heavy atom. The Balaban J connectivity index is 1.85. The third-order valence-electron chi connectivity index (χ3n) is 3.30. The van der Waals surface area contributed by atoms with Crippen LogP contribution in [0.4, 0.5) is 0 Å². The predicted octanol–water partition coefficient (Wildman–Crippen LogP) is 2.52. The van der Waals surface area contributed by atoms with Crippen molar-refractivity contribution in [1.29, 1.82) is 5.26 Å². The molecule has 4 heteroatoms. The van der Waals surface area contributed by atoms with Crippen LogP contribution in [0.15, 0.2) is 30.3 Å². The Morgan fingerprint density at radius 2 is 2.32 bits per heavy atom. The number of fused-ring (bicyclic) bond motifs is 1. The minimum atomic E-state index is 0.429. The number of ether oxygens (including phenoxy) is 2. The molecule has 1 atom stereocenters. The number of hydrogen-bond acceptors (Lipinski definition) is 4. The third kappa shape index (κ3) is 2.51. The number of hydrogen-bond donors (Lipinski definition) is 0. The summed E-state index contributed by atoms with van der Waals surface area (Å²) >= 11 is 0. The molecule has 2 heterocycles. The highest BCUT2D eigenvalue weighted by atomic mass is 16.5. The lowest BCUT2D eigenvalue weighted by Gasteiger charge is -2.10. The van der Waals surface area contributed by atoms with Crippen molar-refractivity contribution in [3.63, 3.8) is 0 Å². The van der Waals surface area contributed by atoms with Crippen LogP contribution in [-0.2, 0) is 4.74 Å². The summed E-state index contributed by atoms with van der Waals surface area (Å²) in [5.74, 6) is 0.945. The highest BCUT2D eigenvalue weighted by Crippen LogP contribution is 2.22. The zero-order valence-corrected chi connectivity index (χ0v) is 10.5. The van der Waals surface area contributed by atoms with Gasteiger partial charge < -0.3 is 9.47 Å². The Hall–Kier alpha value is -2.12. The van der Waals surface area contributed by atoms with Crippen molar-refractivity contribution < 1.29 is 9.47 Å². The molecule has 2 aromatic rings. The van der Waals surface area contributed by atoms with E-state index in [9.17, 15) is 5.26 Å². The molecule has 1 aliphatic rings. The van der Waals surface area contributed by atoms with E-state index < -0.39 is 0 Å². The van der Waals surface area contributed by atoms with E-state index >= 15 is 0 Å². The van der Waals surface area contributed by atoms with Gasteiger partial charge >= 0.3 is 0 Å². The van der Waals surface area contributed by atoms with Crippen LogP contribution in [0.1, 0.15) is 12.0 Å². The average Bonchev–Trinajstić information content (AvgIpc) is 2.97. The van der Waals surface area contributed by atoms with Gasteiger partial charge in [-0.05, 0) is 12.5 Å². The summed E-state index contributed by atoms with van der Waals surface area (Å²) in [5, 5.41) is 10.0. The first kappa shape index (κ1) is 11.9. The second-order valence-corrected chi connectivity index (χ2v) is 4.68. The fraction of sp³-hybridized carbons (Fsp3) is 0.333. The largest absolute Gasteiger partial charge is 0.477 e. The van der Waals surface area contributed by atoms with Gasteiger partial charge in [0.25, 0.3) is 0 Å². The molecule has 1 unspecified atom stereocenters. The van der Waals surface area contributed by atoms with Gasteiger partial charge in [0, 0.05) is 24.0 Å². The minimum Gasteiger partial charge on any atom is -0.477 e. The van der Waals surface area contributed by atoms with E-state index in [0.717, 1.165) is 30.5 Å². The van der Waals surface area contributed by atoms with Gasteiger partial charge in [-0.25, -0.2) is 4.98 Å². The molecule has 19 heavy (non-hydrogen) atoms.